The van der Waals surface area contributed by atoms with E-state index >= 15 is 0 Å². The predicted molar refractivity (Wildman–Crippen MR) is 116 cm³/mol. The fourth-order valence-electron chi connectivity index (χ4n) is 3.01. The van der Waals surface area contributed by atoms with Gasteiger partial charge < -0.3 is 15.0 Å². The number of anilines is 1. The lowest BCUT2D eigenvalue weighted by Gasteiger charge is -2.20. The van der Waals surface area contributed by atoms with Crippen molar-refractivity contribution >= 4 is 17.6 Å². The Labute approximate surface area is 176 Å². The molecule has 0 aliphatic rings. The zero-order chi connectivity index (χ0) is 21.5. The van der Waals surface area contributed by atoms with Crippen molar-refractivity contribution < 1.29 is 14.3 Å². The van der Waals surface area contributed by atoms with Crippen LogP contribution in [0.15, 0.2) is 60.7 Å². The van der Waals surface area contributed by atoms with Crippen LogP contribution in [0.2, 0.25) is 0 Å². The molecule has 1 heterocycles. The highest BCUT2D eigenvalue weighted by atomic mass is 16.5. The summed E-state index contributed by atoms with van der Waals surface area (Å²) in [7, 11) is 1.56. The highest BCUT2D eigenvalue weighted by Gasteiger charge is 2.17. The number of hydrogen-bond acceptors (Lipinski definition) is 4. The number of carbonyl (C=O) groups excluding carboxylic acids is 2. The van der Waals surface area contributed by atoms with Crippen LogP contribution < -0.4 is 5.32 Å². The number of rotatable bonds is 8. The first-order valence-electron chi connectivity index (χ1n) is 9.75. The molecule has 1 N–H and O–H groups in total. The van der Waals surface area contributed by atoms with Crippen molar-refractivity contribution in [2.75, 3.05) is 32.1 Å². The number of methoxy groups -OCH3 is 1. The summed E-state index contributed by atoms with van der Waals surface area (Å²) in [6.07, 6.45) is 0. The fourth-order valence-corrected chi connectivity index (χ4v) is 3.01. The van der Waals surface area contributed by atoms with Crippen LogP contribution in [-0.2, 0) is 14.3 Å². The summed E-state index contributed by atoms with van der Waals surface area (Å²) in [6.45, 7) is 4.12. The average Bonchev–Trinajstić information content (AvgIpc) is 3.15. The number of nitrogens with one attached hydrogen (secondary N) is 1. The topological polar surface area (TPSA) is 76.5 Å². The Morgan fingerprint density at radius 1 is 1.10 bits per heavy atom. The van der Waals surface area contributed by atoms with Crippen molar-refractivity contribution in [2.45, 2.75) is 13.8 Å². The molecule has 3 aromatic rings. The van der Waals surface area contributed by atoms with Crippen molar-refractivity contribution in [3.05, 3.63) is 66.2 Å². The number of ether oxygens (including phenoxy) is 1. The minimum atomic E-state index is -0.297. The molecule has 0 fully saturated rings. The Hall–Kier alpha value is -3.45. The zero-order valence-electron chi connectivity index (χ0n) is 17.5. The minimum absolute atomic E-state index is 0.0571. The van der Waals surface area contributed by atoms with E-state index in [1.54, 1.807) is 11.8 Å². The molecule has 7 nitrogen and oxygen atoms in total. The second-order valence-electron chi connectivity index (χ2n) is 7.01. The lowest BCUT2D eigenvalue weighted by atomic mass is 10.1. The van der Waals surface area contributed by atoms with Gasteiger partial charge in [-0.05, 0) is 19.1 Å². The van der Waals surface area contributed by atoms with Crippen LogP contribution in [-0.4, -0.2) is 53.3 Å². The highest BCUT2D eigenvalue weighted by molar-refractivity contribution is 5.94. The van der Waals surface area contributed by atoms with E-state index in [4.69, 9.17) is 9.84 Å². The first-order valence-corrected chi connectivity index (χ1v) is 9.75. The first kappa shape index (κ1) is 21.3. The van der Waals surface area contributed by atoms with E-state index in [9.17, 15) is 9.59 Å². The molecule has 1 aromatic heterocycles. The molecule has 0 unspecified atom stereocenters. The van der Waals surface area contributed by atoms with Crippen LogP contribution in [0.25, 0.3) is 16.9 Å². The Morgan fingerprint density at radius 3 is 2.43 bits per heavy atom. The van der Waals surface area contributed by atoms with Crippen molar-refractivity contribution in [1.29, 1.82) is 0 Å². The quantitative estimate of drug-likeness (QED) is 0.623. The smallest absolute Gasteiger partial charge is 0.245 e. The second-order valence-corrected chi connectivity index (χ2v) is 7.01. The van der Waals surface area contributed by atoms with Crippen LogP contribution in [0.3, 0.4) is 0 Å². The molecule has 156 valence electrons. The number of nitrogens with zero attached hydrogens (tertiary/aromatic N) is 3. The lowest BCUT2D eigenvalue weighted by molar-refractivity contribution is -0.133. The van der Waals surface area contributed by atoms with Crippen molar-refractivity contribution in [3.63, 3.8) is 0 Å². The largest absolute Gasteiger partial charge is 0.383 e. The van der Waals surface area contributed by atoms with Gasteiger partial charge in [0.15, 0.2) is 0 Å². The van der Waals surface area contributed by atoms with Gasteiger partial charge in [-0.1, -0.05) is 48.0 Å². The number of aryl methyl sites for hydroxylation is 1. The second kappa shape index (κ2) is 9.84. The van der Waals surface area contributed by atoms with Crippen LogP contribution in [0.5, 0.6) is 0 Å². The molecule has 0 aliphatic heterocycles. The summed E-state index contributed by atoms with van der Waals surface area (Å²) < 4.78 is 6.72. The summed E-state index contributed by atoms with van der Waals surface area (Å²) in [5, 5.41) is 7.60. The van der Waals surface area contributed by atoms with E-state index in [1.807, 2.05) is 67.6 Å². The Kier molecular flexibility index (Phi) is 6.98. The van der Waals surface area contributed by atoms with E-state index in [0.29, 0.717) is 19.0 Å². The van der Waals surface area contributed by atoms with E-state index in [1.165, 1.54) is 11.8 Å². The van der Waals surface area contributed by atoms with Gasteiger partial charge in [0.1, 0.15) is 5.82 Å². The van der Waals surface area contributed by atoms with Gasteiger partial charge in [0.05, 0.1) is 24.5 Å². The van der Waals surface area contributed by atoms with Gasteiger partial charge in [-0.15, -0.1) is 0 Å². The maximum Gasteiger partial charge on any atom is 0.245 e. The molecule has 0 aliphatic carbocycles. The zero-order valence-corrected chi connectivity index (χ0v) is 17.5. The number of hydrogen-bond donors (Lipinski definition) is 1. The molecule has 7 heteroatoms. The monoisotopic (exact) mass is 406 g/mol. The Morgan fingerprint density at radius 2 is 1.80 bits per heavy atom. The normalized spacial score (nSPS) is 10.6. The SMILES string of the molecule is COCCN(CC(=O)Nc1cc(-c2ccccc2)nn1-c1ccc(C)cc1)C(C)=O. The molecule has 0 saturated carbocycles. The molecular formula is C23H26N4O3. The van der Waals surface area contributed by atoms with E-state index in [2.05, 4.69) is 5.32 Å². The van der Waals surface area contributed by atoms with Crippen LogP contribution in [0, 0.1) is 6.92 Å². The van der Waals surface area contributed by atoms with Gasteiger partial charge in [0.25, 0.3) is 0 Å². The van der Waals surface area contributed by atoms with Crippen LogP contribution in [0.1, 0.15) is 12.5 Å². The summed E-state index contributed by atoms with van der Waals surface area (Å²) in [6, 6.07) is 19.5. The molecule has 30 heavy (non-hydrogen) atoms. The van der Waals surface area contributed by atoms with Crippen LogP contribution in [0.4, 0.5) is 5.82 Å². The average molecular weight is 406 g/mol. The van der Waals surface area contributed by atoms with Crippen LogP contribution >= 0.6 is 0 Å². The molecule has 0 radical (unpaired) electrons. The third-order valence-corrected chi connectivity index (χ3v) is 4.67. The predicted octanol–water partition coefficient (Wildman–Crippen LogP) is 3.28. The van der Waals surface area contributed by atoms with Gasteiger partial charge in [0.2, 0.25) is 11.8 Å². The van der Waals surface area contributed by atoms with Gasteiger partial charge in [-0.3, -0.25) is 9.59 Å². The maximum atomic E-state index is 12.7. The van der Waals surface area contributed by atoms with Crippen molar-refractivity contribution in [2.24, 2.45) is 0 Å². The van der Waals surface area contributed by atoms with E-state index in [-0.39, 0.29) is 18.4 Å². The molecule has 0 bridgehead atoms. The number of benzene rings is 2. The Bertz CT molecular complexity index is 997. The summed E-state index contributed by atoms with van der Waals surface area (Å²) in [4.78, 5) is 26.0. The fraction of sp³-hybridized carbons (Fsp3) is 0.261. The Balaban J connectivity index is 1.88. The molecular weight excluding hydrogens is 380 g/mol. The molecule has 3 rings (SSSR count). The van der Waals surface area contributed by atoms with Gasteiger partial charge in [-0.25, -0.2) is 4.68 Å². The highest BCUT2D eigenvalue weighted by Crippen LogP contribution is 2.25. The molecule has 2 aromatic carbocycles. The van der Waals surface area contributed by atoms with Gasteiger partial charge in [0, 0.05) is 32.2 Å². The molecule has 0 saturated heterocycles. The van der Waals surface area contributed by atoms with Crippen molar-refractivity contribution in [3.8, 4) is 16.9 Å². The van der Waals surface area contributed by atoms with Crippen molar-refractivity contribution in [1.82, 2.24) is 14.7 Å². The van der Waals surface area contributed by atoms with Gasteiger partial charge in [-0.2, -0.15) is 5.10 Å². The number of aromatic nitrogens is 2. The number of carbonyl (C=O) groups is 2. The van der Waals surface area contributed by atoms with Gasteiger partial charge >= 0.3 is 0 Å². The third kappa shape index (κ3) is 5.33. The summed E-state index contributed by atoms with van der Waals surface area (Å²) >= 11 is 0. The van der Waals surface area contributed by atoms with E-state index < -0.39 is 0 Å². The molecule has 2 amide bonds. The molecule has 0 atom stereocenters. The van der Waals surface area contributed by atoms with E-state index in [0.717, 1.165) is 22.5 Å². The molecule has 0 spiro atoms. The minimum Gasteiger partial charge on any atom is -0.383 e. The lowest BCUT2D eigenvalue weighted by Crippen LogP contribution is -2.38. The third-order valence-electron chi connectivity index (χ3n) is 4.67. The standard InChI is InChI=1S/C23H26N4O3/c1-17-9-11-20(12-10-17)27-22(15-21(25-27)19-7-5-4-6-8-19)24-23(29)16-26(18(2)28)13-14-30-3/h4-12,15H,13-14,16H2,1-3H3,(H,24,29). The number of amides is 2. The first-order chi connectivity index (χ1) is 14.5. The maximum absolute atomic E-state index is 12.7. The summed E-state index contributed by atoms with van der Waals surface area (Å²) in [5.41, 5.74) is 3.66. The summed E-state index contributed by atoms with van der Waals surface area (Å²) in [5.74, 6) is 0.0614.